The van der Waals surface area contributed by atoms with Gasteiger partial charge in [-0.15, -0.1) is 0 Å². The molecule has 15 heavy (non-hydrogen) atoms. The molecule has 0 saturated carbocycles. The van der Waals surface area contributed by atoms with Gasteiger partial charge in [-0.3, -0.25) is 9.59 Å². The number of carbonyl (C=O) groups is 2. The quantitative estimate of drug-likeness (QED) is 0.687. The lowest BCUT2D eigenvalue weighted by Crippen LogP contribution is -2.12. The summed E-state index contributed by atoms with van der Waals surface area (Å²) in [6.45, 7) is 1.38. The number of nitrogens with one attached hydrogen (secondary N) is 1. The minimum atomic E-state index is -0.235. The molecule has 0 unspecified atom stereocenters. The Morgan fingerprint density at radius 3 is 2.67 bits per heavy atom. The number of alkyl halides is 1. The van der Waals surface area contributed by atoms with Crippen molar-refractivity contribution in [3.8, 4) is 0 Å². The number of rotatable bonds is 3. The molecule has 0 bridgehead atoms. The smallest absolute Gasteiger partial charge is 0.221 e. The zero-order valence-corrected chi connectivity index (χ0v) is 10.4. The third kappa shape index (κ3) is 3.04. The molecule has 1 amide bonds. The van der Waals surface area contributed by atoms with Crippen LogP contribution in [0.2, 0.25) is 5.02 Å². The first-order valence-electron chi connectivity index (χ1n) is 4.21. The van der Waals surface area contributed by atoms with Gasteiger partial charge in [-0.1, -0.05) is 33.6 Å². The number of halogens is 2. The van der Waals surface area contributed by atoms with E-state index in [0.29, 0.717) is 16.3 Å². The molecule has 0 spiro atoms. The number of carbonyl (C=O) groups excluding carboxylic acids is 2. The summed E-state index contributed by atoms with van der Waals surface area (Å²) in [5.41, 5.74) is 0.783. The van der Waals surface area contributed by atoms with Crippen molar-refractivity contribution in [2.45, 2.75) is 6.92 Å². The van der Waals surface area contributed by atoms with Gasteiger partial charge in [-0.25, -0.2) is 0 Å². The second-order valence-electron chi connectivity index (χ2n) is 2.90. The number of hydrogen-bond acceptors (Lipinski definition) is 2. The van der Waals surface area contributed by atoms with Gasteiger partial charge in [0.15, 0.2) is 5.78 Å². The molecule has 5 heteroatoms. The number of benzene rings is 1. The topological polar surface area (TPSA) is 46.2 Å². The highest BCUT2D eigenvalue weighted by molar-refractivity contribution is 9.09. The van der Waals surface area contributed by atoms with Crippen molar-refractivity contribution in [2.75, 3.05) is 10.6 Å². The fourth-order valence-corrected chi connectivity index (χ4v) is 1.73. The van der Waals surface area contributed by atoms with E-state index in [0.717, 1.165) is 0 Å². The summed E-state index contributed by atoms with van der Waals surface area (Å²) in [7, 11) is 0. The van der Waals surface area contributed by atoms with Crippen molar-refractivity contribution in [1.29, 1.82) is 0 Å². The first-order valence-corrected chi connectivity index (χ1v) is 5.71. The van der Waals surface area contributed by atoms with Crippen LogP contribution in [0, 0.1) is 0 Å². The van der Waals surface area contributed by atoms with Crippen LogP contribution in [-0.2, 0) is 4.79 Å². The number of ketones is 1. The monoisotopic (exact) mass is 289 g/mol. The Bertz CT molecular complexity index is 406. The summed E-state index contributed by atoms with van der Waals surface area (Å²) in [6, 6.07) is 4.94. The van der Waals surface area contributed by atoms with E-state index >= 15 is 0 Å². The molecule has 0 radical (unpaired) electrons. The van der Waals surface area contributed by atoms with Gasteiger partial charge in [0.2, 0.25) is 5.91 Å². The van der Waals surface area contributed by atoms with Gasteiger partial charge in [0, 0.05) is 6.92 Å². The van der Waals surface area contributed by atoms with Gasteiger partial charge < -0.3 is 5.32 Å². The molecule has 0 fully saturated rings. The highest BCUT2D eigenvalue weighted by Gasteiger charge is 2.14. The second kappa shape index (κ2) is 5.28. The Balaban J connectivity index is 3.20. The van der Waals surface area contributed by atoms with Gasteiger partial charge in [-0.2, -0.15) is 0 Å². The van der Waals surface area contributed by atoms with Crippen LogP contribution in [0.3, 0.4) is 0 Å². The van der Waals surface area contributed by atoms with E-state index in [9.17, 15) is 9.59 Å². The molecule has 0 saturated heterocycles. The minimum Gasteiger partial charge on any atom is -0.326 e. The molecule has 0 heterocycles. The van der Waals surface area contributed by atoms with Gasteiger partial charge >= 0.3 is 0 Å². The molecule has 0 aromatic heterocycles. The van der Waals surface area contributed by atoms with Crippen LogP contribution in [-0.4, -0.2) is 17.0 Å². The summed E-state index contributed by atoms with van der Waals surface area (Å²) < 4.78 is 0. The first-order chi connectivity index (χ1) is 7.06. The van der Waals surface area contributed by atoms with Crippen molar-refractivity contribution in [3.05, 3.63) is 28.8 Å². The first kappa shape index (κ1) is 12.2. The highest BCUT2D eigenvalue weighted by Crippen LogP contribution is 2.25. The number of anilines is 1. The maximum absolute atomic E-state index is 11.6. The number of Topliss-reactive ketones (excluding diaryl/α,β-unsaturated/α-hetero) is 1. The molecule has 0 aliphatic carbocycles. The Labute approximate surface area is 101 Å². The third-order valence-electron chi connectivity index (χ3n) is 1.72. The molecule has 80 valence electrons. The summed E-state index contributed by atoms with van der Waals surface area (Å²) >= 11 is 8.96. The molecule has 1 aromatic carbocycles. The van der Waals surface area contributed by atoms with Gasteiger partial charge in [-0.05, 0) is 12.1 Å². The van der Waals surface area contributed by atoms with Crippen molar-refractivity contribution >= 4 is 44.9 Å². The zero-order valence-electron chi connectivity index (χ0n) is 8.01. The molecule has 0 aliphatic heterocycles. The van der Waals surface area contributed by atoms with Crippen molar-refractivity contribution in [1.82, 2.24) is 0 Å². The third-order valence-corrected chi connectivity index (χ3v) is 2.55. The Kier molecular flexibility index (Phi) is 4.29. The van der Waals surface area contributed by atoms with Gasteiger partial charge in [0.05, 0.1) is 21.6 Å². The molecule has 1 N–H and O–H groups in total. The Morgan fingerprint density at radius 2 is 2.13 bits per heavy atom. The maximum Gasteiger partial charge on any atom is 0.221 e. The Morgan fingerprint density at radius 1 is 1.47 bits per heavy atom. The molecule has 0 aliphatic rings. The van der Waals surface area contributed by atoms with Gasteiger partial charge in [0.25, 0.3) is 0 Å². The summed E-state index contributed by atoms with van der Waals surface area (Å²) in [5.74, 6) is -0.398. The van der Waals surface area contributed by atoms with Crippen molar-refractivity contribution < 1.29 is 9.59 Å². The van der Waals surface area contributed by atoms with Gasteiger partial charge in [0.1, 0.15) is 0 Å². The van der Waals surface area contributed by atoms with Crippen LogP contribution < -0.4 is 5.32 Å². The van der Waals surface area contributed by atoms with E-state index in [1.807, 2.05) is 0 Å². The van der Waals surface area contributed by atoms with Crippen LogP contribution in [0.1, 0.15) is 17.3 Å². The molecular formula is C10H9BrClNO2. The minimum absolute atomic E-state index is 0.163. The van der Waals surface area contributed by atoms with E-state index in [1.165, 1.54) is 6.92 Å². The van der Waals surface area contributed by atoms with Crippen LogP contribution in [0.4, 0.5) is 5.69 Å². The van der Waals surface area contributed by atoms with Crippen molar-refractivity contribution in [2.24, 2.45) is 0 Å². The summed E-state index contributed by atoms with van der Waals surface area (Å²) in [5, 5.41) is 3.07. The van der Waals surface area contributed by atoms with E-state index in [1.54, 1.807) is 18.2 Å². The van der Waals surface area contributed by atoms with E-state index in [2.05, 4.69) is 21.2 Å². The molecule has 1 rings (SSSR count). The van der Waals surface area contributed by atoms with Crippen LogP contribution in [0.5, 0.6) is 0 Å². The Hall–Kier alpha value is -0.870. The average molecular weight is 291 g/mol. The lowest BCUT2D eigenvalue weighted by Gasteiger charge is -2.09. The lowest BCUT2D eigenvalue weighted by atomic mass is 10.1. The fourth-order valence-electron chi connectivity index (χ4n) is 1.17. The van der Waals surface area contributed by atoms with E-state index < -0.39 is 0 Å². The normalized spacial score (nSPS) is 9.80. The van der Waals surface area contributed by atoms with Crippen LogP contribution in [0.15, 0.2) is 18.2 Å². The molecule has 3 nitrogen and oxygen atoms in total. The lowest BCUT2D eigenvalue weighted by molar-refractivity contribution is -0.114. The molecule has 1 aromatic rings. The molecule has 0 atom stereocenters. The molecular weight excluding hydrogens is 281 g/mol. The average Bonchev–Trinajstić information content (AvgIpc) is 2.16. The SMILES string of the molecule is CC(=O)Nc1cccc(Cl)c1C(=O)CBr. The predicted molar refractivity (Wildman–Crippen MR) is 63.9 cm³/mol. The standard InChI is InChI=1S/C10H9BrClNO2/c1-6(14)13-8-4-2-3-7(12)10(8)9(15)5-11/h2-4H,5H2,1H3,(H,13,14). The summed E-state index contributed by atoms with van der Waals surface area (Å²) in [6.07, 6.45) is 0. The number of hydrogen-bond donors (Lipinski definition) is 1. The second-order valence-corrected chi connectivity index (χ2v) is 3.87. The highest BCUT2D eigenvalue weighted by atomic mass is 79.9. The van der Waals surface area contributed by atoms with E-state index in [4.69, 9.17) is 11.6 Å². The largest absolute Gasteiger partial charge is 0.326 e. The maximum atomic E-state index is 11.6. The predicted octanol–water partition coefficient (Wildman–Crippen LogP) is 2.88. The zero-order chi connectivity index (χ0) is 11.4. The van der Waals surface area contributed by atoms with Crippen LogP contribution >= 0.6 is 27.5 Å². The van der Waals surface area contributed by atoms with Crippen LogP contribution in [0.25, 0.3) is 0 Å². The van der Waals surface area contributed by atoms with Crippen molar-refractivity contribution in [3.63, 3.8) is 0 Å². The van der Waals surface area contributed by atoms with E-state index in [-0.39, 0.29) is 17.0 Å². The number of amides is 1. The summed E-state index contributed by atoms with van der Waals surface area (Å²) in [4.78, 5) is 22.5. The fraction of sp³-hybridized carbons (Fsp3) is 0.200.